The molecule has 0 aliphatic carbocycles. The number of rotatable bonds is 4. The van der Waals surface area contributed by atoms with Gasteiger partial charge in [-0.1, -0.05) is 42.1 Å². The minimum absolute atomic E-state index is 0.0261. The van der Waals surface area contributed by atoms with Gasteiger partial charge in [-0.05, 0) is 27.7 Å². The van der Waals surface area contributed by atoms with Crippen molar-refractivity contribution in [3.8, 4) is 11.3 Å². The van der Waals surface area contributed by atoms with E-state index in [0.29, 0.717) is 5.16 Å². The molecule has 2 rings (SSSR count). The van der Waals surface area contributed by atoms with E-state index in [4.69, 9.17) is 5.84 Å². The Bertz CT molecular complexity index is 646. The summed E-state index contributed by atoms with van der Waals surface area (Å²) in [5, 5.41) is 3.31. The number of aromatic nitrogens is 2. The number of benzene rings is 1. The fourth-order valence-corrected chi connectivity index (χ4v) is 2.70. The van der Waals surface area contributed by atoms with Gasteiger partial charge >= 0.3 is 0 Å². The van der Waals surface area contributed by atoms with Gasteiger partial charge in [0, 0.05) is 11.1 Å². The minimum Gasteiger partial charge on any atom is -0.351 e. The smallest absolute Gasteiger partial charge is 0.233 e. The summed E-state index contributed by atoms with van der Waals surface area (Å²) < 4.78 is 1.47. The predicted molar refractivity (Wildman–Crippen MR) is 91.0 cm³/mol. The van der Waals surface area contributed by atoms with Crippen molar-refractivity contribution in [2.24, 2.45) is 0 Å². The van der Waals surface area contributed by atoms with Gasteiger partial charge in [-0.15, -0.1) is 0 Å². The molecule has 0 saturated carbocycles. The average Bonchev–Trinajstić information content (AvgIpc) is 2.79. The van der Waals surface area contributed by atoms with Crippen LogP contribution in [-0.4, -0.2) is 26.4 Å². The number of hydrogen-bond donors (Lipinski definition) is 2. The first-order valence-electron chi connectivity index (χ1n) is 7.15. The van der Waals surface area contributed by atoms with Gasteiger partial charge in [0.15, 0.2) is 5.16 Å². The molecule has 0 fully saturated rings. The molecule has 1 aromatic heterocycles. The molecule has 3 N–H and O–H groups in total. The number of nitrogens with two attached hydrogens (primary N) is 1. The fourth-order valence-electron chi connectivity index (χ4n) is 1.89. The number of hydrogen-bond acceptors (Lipinski definition) is 4. The van der Waals surface area contributed by atoms with Crippen LogP contribution in [0.5, 0.6) is 0 Å². The summed E-state index contributed by atoms with van der Waals surface area (Å²) in [5.74, 6) is 5.93. The maximum absolute atomic E-state index is 12.1. The summed E-state index contributed by atoms with van der Waals surface area (Å²) in [6.45, 7) is 7.72. The molecule has 1 atom stereocenters. The summed E-state index contributed by atoms with van der Waals surface area (Å²) in [6, 6.07) is 9.82. The molecule has 0 unspecified atom stereocenters. The summed E-state index contributed by atoms with van der Waals surface area (Å²) in [5.41, 5.74) is 1.55. The van der Waals surface area contributed by atoms with Crippen molar-refractivity contribution >= 4 is 17.7 Å². The molecular weight excluding hydrogens is 296 g/mol. The second kappa shape index (κ2) is 6.44. The second-order valence-corrected chi connectivity index (χ2v) is 7.49. The molecule has 5 nitrogen and oxygen atoms in total. The monoisotopic (exact) mass is 318 g/mol. The van der Waals surface area contributed by atoms with Crippen LogP contribution in [-0.2, 0) is 4.79 Å². The summed E-state index contributed by atoms with van der Waals surface area (Å²) in [6.07, 6.45) is 1.77. The lowest BCUT2D eigenvalue weighted by Crippen LogP contribution is -2.44. The van der Waals surface area contributed by atoms with E-state index in [2.05, 4.69) is 10.3 Å². The zero-order chi connectivity index (χ0) is 16.3. The maximum atomic E-state index is 12.1. The average molecular weight is 318 g/mol. The Hall–Kier alpha value is -1.95. The van der Waals surface area contributed by atoms with Gasteiger partial charge in [0.25, 0.3) is 0 Å². The van der Waals surface area contributed by atoms with E-state index >= 15 is 0 Å². The number of imidazole rings is 1. The highest BCUT2D eigenvalue weighted by Gasteiger charge is 2.22. The zero-order valence-corrected chi connectivity index (χ0v) is 14.1. The predicted octanol–water partition coefficient (Wildman–Crippen LogP) is 2.66. The third-order valence-electron chi connectivity index (χ3n) is 2.92. The van der Waals surface area contributed by atoms with Crippen molar-refractivity contribution in [3.05, 3.63) is 36.5 Å². The Morgan fingerprint density at radius 2 is 1.95 bits per heavy atom. The molecule has 0 radical (unpaired) electrons. The number of amides is 1. The molecular formula is C16H22N4OS. The minimum atomic E-state index is -0.271. The number of carbonyl (C=O) groups is 1. The summed E-state index contributed by atoms with van der Waals surface area (Å²) in [4.78, 5) is 16.7. The summed E-state index contributed by atoms with van der Waals surface area (Å²) >= 11 is 1.35. The van der Waals surface area contributed by atoms with Crippen LogP contribution in [0.15, 0.2) is 41.7 Å². The SMILES string of the molecule is C[C@@H](Sc1nc(-c2ccccc2)cn1N)C(=O)NC(C)(C)C. The van der Waals surface area contributed by atoms with E-state index in [-0.39, 0.29) is 16.7 Å². The van der Waals surface area contributed by atoms with Crippen LogP contribution < -0.4 is 11.2 Å². The van der Waals surface area contributed by atoms with Crippen molar-refractivity contribution in [3.63, 3.8) is 0 Å². The van der Waals surface area contributed by atoms with Gasteiger partial charge in [-0.25, -0.2) is 9.66 Å². The Kier molecular flexibility index (Phi) is 4.81. The van der Waals surface area contributed by atoms with Gasteiger partial charge in [0.1, 0.15) is 0 Å². The molecule has 0 saturated heterocycles. The lowest BCUT2D eigenvalue weighted by atomic mass is 10.1. The first-order chi connectivity index (χ1) is 10.3. The van der Waals surface area contributed by atoms with Crippen LogP contribution in [0, 0.1) is 0 Å². The molecule has 0 bridgehead atoms. The highest BCUT2D eigenvalue weighted by atomic mass is 32.2. The van der Waals surface area contributed by atoms with Crippen molar-refractivity contribution < 1.29 is 4.79 Å². The maximum Gasteiger partial charge on any atom is 0.233 e. The first-order valence-corrected chi connectivity index (χ1v) is 8.03. The van der Waals surface area contributed by atoms with Gasteiger partial charge in [-0.2, -0.15) is 0 Å². The van der Waals surface area contributed by atoms with Crippen molar-refractivity contribution in [1.82, 2.24) is 15.0 Å². The van der Waals surface area contributed by atoms with Crippen LogP contribution in [0.2, 0.25) is 0 Å². The second-order valence-electron chi connectivity index (χ2n) is 6.18. The van der Waals surface area contributed by atoms with Gasteiger partial charge in [-0.3, -0.25) is 4.79 Å². The van der Waals surface area contributed by atoms with Gasteiger partial charge < -0.3 is 11.2 Å². The molecule has 0 aliphatic heterocycles. The van der Waals surface area contributed by atoms with Crippen LogP contribution >= 0.6 is 11.8 Å². The Labute approximate surface area is 135 Å². The number of nitrogens with one attached hydrogen (secondary N) is 1. The first kappa shape index (κ1) is 16.4. The molecule has 6 heteroatoms. The Morgan fingerprint density at radius 1 is 1.32 bits per heavy atom. The molecule has 0 spiro atoms. The van der Waals surface area contributed by atoms with Gasteiger partial charge in [0.05, 0.1) is 17.1 Å². The largest absolute Gasteiger partial charge is 0.351 e. The molecule has 0 aliphatic rings. The Balaban J connectivity index is 2.11. The molecule has 22 heavy (non-hydrogen) atoms. The highest BCUT2D eigenvalue weighted by Crippen LogP contribution is 2.26. The van der Waals surface area contributed by atoms with E-state index in [1.54, 1.807) is 6.20 Å². The number of thioether (sulfide) groups is 1. The fraction of sp³-hybridized carbons (Fsp3) is 0.375. The third kappa shape index (κ3) is 4.27. The lowest BCUT2D eigenvalue weighted by molar-refractivity contribution is -0.121. The zero-order valence-electron chi connectivity index (χ0n) is 13.3. The van der Waals surface area contributed by atoms with E-state index in [0.717, 1.165) is 11.3 Å². The van der Waals surface area contributed by atoms with Crippen LogP contribution in [0.3, 0.4) is 0 Å². The van der Waals surface area contributed by atoms with E-state index in [1.807, 2.05) is 58.0 Å². The van der Waals surface area contributed by atoms with Crippen molar-refractivity contribution in [2.45, 2.75) is 43.6 Å². The Morgan fingerprint density at radius 3 is 2.55 bits per heavy atom. The van der Waals surface area contributed by atoms with Crippen LogP contribution in [0.4, 0.5) is 0 Å². The third-order valence-corrected chi connectivity index (χ3v) is 4.00. The van der Waals surface area contributed by atoms with Gasteiger partial charge in [0.2, 0.25) is 5.91 Å². The van der Waals surface area contributed by atoms with E-state index < -0.39 is 0 Å². The summed E-state index contributed by atoms with van der Waals surface area (Å²) in [7, 11) is 0. The molecule has 118 valence electrons. The topological polar surface area (TPSA) is 72.9 Å². The number of nitrogens with zero attached hydrogens (tertiary/aromatic N) is 2. The number of nitrogen functional groups attached to an aromatic ring is 1. The normalized spacial score (nSPS) is 12.9. The quantitative estimate of drug-likeness (QED) is 0.671. The van der Waals surface area contributed by atoms with Crippen LogP contribution in [0.1, 0.15) is 27.7 Å². The highest BCUT2D eigenvalue weighted by molar-refractivity contribution is 8.00. The standard InChI is InChI=1S/C16H22N4OS/c1-11(14(21)19-16(2,3)4)22-15-18-13(10-20(15)17)12-8-6-5-7-9-12/h5-11H,17H2,1-4H3,(H,19,21)/t11-/m1/s1. The van der Waals surface area contributed by atoms with Crippen molar-refractivity contribution in [2.75, 3.05) is 5.84 Å². The molecule has 2 aromatic rings. The van der Waals surface area contributed by atoms with Crippen molar-refractivity contribution in [1.29, 1.82) is 0 Å². The lowest BCUT2D eigenvalue weighted by Gasteiger charge is -2.22. The van der Waals surface area contributed by atoms with E-state index in [1.165, 1.54) is 16.4 Å². The van der Waals surface area contributed by atoms with E-state index in [9.17, 15) is 4.79 Å². The number of carbonyl (C=O) groups excluding carboxylic acids is 1. The van der Waals surface area contributed by atoms with Crippen LogP contribution in [0.25, 0.3) is 11.3 Å². The molecule has 1 amide bonds. The molecule has 1 aromatic carbocycles. The molecule has 1 heterocycles.